The highest BCUT2D eigenvalue weighted by molar-refractivity contribution is 7.25. The van der Waals surface area contributed by atoms with E-state index in [1.807, 2.05) is 84.4 Å². The summed E-state index contributed by atoms with van der Waals surface area (Å²) in [6, 6.07) is 65.8. The van der Waals surface area contributed by atoms with Gasteiger partial charge in [0, 0.05) is 82.1 Å². The quantitative estimate of drug-likeness (QED) is 0.167. The first-order chi connectivity index (χ1) is 31.2. The highest BCUT2D eigenvalue weighted by Crippen LogP contribution is 2.40. The number of thiophene rings is 1. The number of aromatic nitrogens is 7. The number of rotatable bonds is 6. The minimum atomic E-state index is 0.556. The highest BCUT2D eigenvalue weighted by Gasteiger charge is 2.20. The van der Waals surface area contributed by atoms with Crippen molar-refractivity contribution in [2.75, 3.05) is 0 Å². The number of hydrogen-bond acceptors (Lipinski definition) is 6. The summed E-state index contributed by atoms with van der Waals surface area (Å²) in [5.74, 6) is 1.79. The van der Waals surface area contributed by atoms with Gasteiger partial charge in [-0.2, -0.15) is 9.97 Å². The number of pyridine rings is 2. The largest absolute Gasteiger partial charge is 0.309 e. The van der Waals surface area contributed by atoms with Crippen LogP contribution in [-0.2, 0) is 0 Å². The fourth-order valence-corrected chi connectivity index (χ4v) is 10.2. The van der Waals surface area contributed by atoms with E-state index in [0.717, 1.165) is 72.2 Å². The van der Waals surface area contributed by atoms with Crippen LogP contribution < -0.4 is 0 Å². The maximum atomic E-state index is 5.33. The monoisotopic (exact) mass is 823 g/mol. The van der Waals surface area contributed by atoms with Crippen LogP contribution >= 0.6 is 11.3 Å². The Morgan fingerprint density at radius 3 is 1.70 bits per heavy atom. The minimum Gasteiger partial charge on any atom is -0.309 e. The van der Waals surface area contributed by atoms with Gasteiger partial charge in [-0.3, -0.25) is 9.55 Å². The summed E-state index contributed by atoms with van der Waals surface area (Å²) in [4.78, 5) is 25.0. The Balaban J connectivity index is 0.942. The van der Waals surface area contributed by atoms with Gasteiger partial charge >= 0.3 is 0 Å². The fourth-order valence-electron chi connectivity index (χ4n) is 9.16. The maximum Gasteiger partial charge on any atom is 0.238 e. The molecule has 0 atom stereocenters. The van der Waals surface area contributed by atoms with Gasteiger partial charge in [-0.25, -0.2) is 9.97 Å². The molecule has 13 rings (SSSR count). The van der Waals surface area contributed by atoms with Crippen LogP contribution in [0.4, 0.5) is 0 Å². The second-order valence-electron chi connectivity index (χ2n) is 15.7. The Labute approximate surface area is 364 Å². The third-order valence-corrected chi connectivity index (χ3v) is 13.2. The van der Waals surface area contributed by atoms with Crippen LogP contribution in [-0.4, -0.2) is 34.1 Å². The summed E-state index contributed by atoms with van der Waals surface area (Å²) < 4.78 is 7.05. The van der Waals surface area contributed by atoms with Crippen molar-refractivity contribution in [2.24, 2.45) is 0 Å². The van der Waals surface area contributed by atoms with Crippen LogP contribution in [0.1, 0.15) is 0 Å². The molecule has 0 fully saturated rings. The first-order valence-corrected chi connectivity index (χ1v) is 21.7. The van der Waals surface area contributed by atoms with Crippen molar-refractivity contribution in [3.8, 4) is 56.9 Å². The molecule has 294 valence electrons. The molecular weight excluding hydrogens is 791 g/mol. The first kappa shape index (κ1) is 35.4. The van der Waals surface area contributed by atoms with E-state index in [1.54, 1.807) is 0 Å². The molecule has 0 aliphatic carbocycles. The molecule has 0 amide bonds. The zero-order chi connectivity index (χ0) is 41.4. The van der Waals surface area contributed by atoms with Gasteiger partial charge in [-0.05, 0) is 66.7 Å². The van der Waals surface area contributed by atoms with Crippen molar-refractivity contribution in [1.82, 2.24) is 34.1 Å². The summed E-state index contributed by atoms with van der Waals surface area (Å²) in [5, 5.41) is 7.03. The molecule has 0 bridgehead atoms. The SMILES string of the molecule is c1ccc(-c2nc(-c3ccccc3)nc(-n3c4ccccc4c4ccc(-c5cccc(-c6ccc7c(c6)c6ccccc6n7-c6ccc7sc8ccncc8c7c6)n5)cc43)n2)cc1. The van der Waals surface area contributed by atoms with E-state index in [-0.39, 0.29) is 0 Å². The van der Waals surface area contributed by atoms with Gasteiger partial charge in [0.25, 0.3) is 0 Å². The average Bonchev–Trinajstić information content (AvgIpc) is 4.01. The number of benzene rings is 7. The van der Waals surface area contributed by atoms with Crippen molar-refractivity contribution in [2.45, 2.75) is 0 Å². The van der Waals surface area contributed by atoms with E-state index >= 15 is 0 Å². The minimum absolute atomic E-state index is 0.556. The van der Waals surface area contributed by atoms with Crippen LogP contribution in [0, 0.1) is 0 Å². The normalized spacial score (nSPS) is 11.8. The second-order valence-corrected chi connectivity index (χ2v) is 16.8. The van der Waals surface area contributed by atoms with Crippen LogP contribution in [0.25, 0.3) is 121 Å². The molecule has 7 nitrogen and oxygen atoms in total. The second kappa shape index (κ2) is 14.1. The molecule has 0 N–H and O–H groups in total. The van der Waals surface area contributed by atoms with Crippen molar-refractivity contribution in [1.29, 1.82) is 0 Å². The van der Waals surface area contributed by atoms with Gasteiger partial charge in [0.15, 0.2) is 11.6 Å². The molecule has 0 saturated heterocycles. The standard InChI is InChI=1S/C55H33N7S/c1-3-12-34(13-4-1)53-58-54(35-14-5-2-6-15-35)60-55(59-53)62-48-21-10-7-16-39(48)41-25-22-37(31-50(41)62)46-19-11-18-45(57-46)36-23-26-49-42(30-36)40-17-8-9-20-47(40)61(49)38-24-27-51-43(32-38)44-33-56-29-28-52(44)63-51/h1-33H. The molecule has 0 unspecified atom stereocenters. The lowest BCUT2D eigenvalue weighted by molar-refractivity contribution is 0.953. The molecule has 8 heteroatoms. The maximum absolute atomic E-state index is 5.33. The smallest absolute Gasteiger partial charge is 0.238 e. The molecule has 6 heterocycles. The number of fused-ring (bicyclic) bond motifs is 9. The third kappa shape index (κ3) is 5.76. The lowest BCUT2D eigenvalue weighted by Gasteiger charge is -2.11. The van der Waals surface area contributed by atoms with E-state index in [1.165, 1.54) is 30.9 Å². The Bertz CT molecular complexity index is 3870. The molecule has 0 spiro atoms. The van der Waals surface area contributed by atoms with Crippen LogP contribution in [0.2, 0.25) is 0 Å². The Hall–Kier alpha value is -8.33. The zero-order valence-electron chi connectivity index (χ0n) is 33.6. The summed E-state index contributed by atoms with van der Waals surface area (Å²) >= 11 is 1.81. The molecule has 0 aliphatic rings. The average molecular weight is 824 g/mol. The zero-order valence-corrected chi connectivity index (χ0v) is 34.4. The Kier molecular flexibility index (Phi) is 7.94. The highest BCUT2D eigenvalue weighted by atomic mass is 32.1. The van der Waals surface area contributed by atoms with Gasteiger partial charge < -0.3 is 4.57 Å². The van der Waals surface area contributed by atoms with E-state index in [4.69, 9.17) is 19.9 Å². The van der Waals surface area contributed by atoms with Crippen LogP contribution in [0.15, 0.2) is 200 Å². The van der Waals surface area contributed by atoms with Crippen LogP contribution in [0.3, 0.4) is 0 Å². The Morgan fingerprint density at radius 1 is 0.349 bits per heavy atom. The van der Waals surface area contributed by atoms with E-state index in [0.29, 0.717) is 17.6 Å². The van der Waals surface area contributed by atoms with Gasteiger partial charge in [0.1, 0.15) is 0 Å². The van der Waals surface area contributed by atoms with Crippen molar-refractivity contribution < 1.29 is 0 Å². The predicted octanol–water partition coefficient (Wildman–Crippen LogP) is 13.9. The van der Waals surface area contributed by atoms with E-state index in [2.05, 4.69) is 142 Å². The lowest BCUT2D eigenvalue weighted by atomic mass is 10.0. The van der Waals surface area contributed by atoms with E-state index in [9.17, 15) is 0 Å². The number of para-hydroxylation sites is 2. The van der Waals surface area contributed by atoms with Crippen molar-refractivity contribution >= 4 is 75.1 Å². The van der Waals surface area contributed by atoms with Gasteiger partial charge in [-0.15, -0.1) is 11.3 Å². The van der Waals surface area contributed by atoms with Crippen LogP contribution in [0.5, 0.6) is 0 Å². The first-order valence-electron chi connectivity index (χ1n) is 20.9. The molecule has 63 heavy (non-hydrogen) atoms. The summed E-state index contributed by atoms with van der Waals surface area (Å²) in [5.41, 5.74) is 11.1. The van der Waals surface area contributed by atoms with Crippen molar-refractivity contribution in [3.63, 3.8) is 0 Å². The van der Waals surface area contributed by atoms with Gasteiger partial charge in [0.2, 0.25) is 5.95 Å². The molecule has 0 saturated carbocycles. The molecule has 0 radical (unpaired) electrons. The number of hydrogen-bond donors (Lipinski definition) is 0. The third-order valence-electron chi connectivity index (χ3n) is 12.1. The predicted molar refractivity (Wildman–Crippen MR) is 259 cm³/mol. The van der Waals surface area contributed by atoms with Gasteiger partial charge in [0.05, 0.1) is 33.5 Å². The molecular formula is C55H33N7S. The molecule has 7 aromatic carbocycles. The topological polar surface area (TPSA) is 74.3 Å². The summed E-state index contributed by atoms with van der Waals surface area (Å²) in [6.07, 6.45) is 3.85. The molecule has 13 aromatic rings. The molecule has 6 aromatic heterocycles. The summed E-state index contributed by atoms with van der Waals surface area (Å²) in [6.45, 7) is 0. The summed E-state index contributed by atoms with van der Waals surface area (Å²) in [7, 11) is 0. The van der Waals surface area contributed by atoms with E-state index < -0.39 is 0 Å². The van der Waals surface area contributed by atoms with Crippen molar-refractivity contribution in [3.05, 3.63) is 200 Å². The lowest BCUT2D eigenvalue weighted by Crippen LogP contribution is -2.06. The van der Waals surface area contributed by atoms with Gasteiger partial charge in [-0.1, -0.05) is 121 Å². The molecule has 0 aliphatic heterocycles. The fraction of sp³-hybridized carbons (Fsp3) is 0. The number of nitrogens with zero attached hydrogens (tertiary/aromatic N) is 7. The Morgan fingerprint density at radius 2 is 0.952 bits per heavy atom.